The Balaban J connectivity index is 1.94. The van der Waals surface area contributed by atoms with Gasteiger partial charge in [-0.3, -0.25) is 4.79 Å². The average molecular weight is 317 g/mol. The van der Waals surface area contributed by atoms with Crippen LogP contribution in [0.4, 0.5) is 5.95 Å². The SMILES string of the molecule is Nc1nccc(-c2ccc(Cl)c(C(=O)N3CCCCC3)c2)n1. The molecule has 1 amide bonds. The number of carbonyl (C=O) groups is 1. The minimum absolute atomic E-state index is 0.0198. The van der Waals surface area contributed by atoms with Gasteiger partial charge in [-0.05, 0) is 37.5 Å². The highest BCUT2D eigenvalue weighted by Crippen LogP contribution is 2.26. The summed E-state index contributed by atoms with van der Waals surface area (Å²) in [6.45, 7) is 1.58. The van der Waals surface area contributed by atoms with Crippen LogP contribution in [0, 0.1) is 0 Å². The van der Waals surface area contributed by atoms with Crippen LogP contribution in [0.1, 0.15) is 29.6 Å². The van der Waals surface area contributed by atoms with Crippen molar-refractivity contribution in [3.63, 3.8) is 0 Å². The van der Waals surface area contributed by atoms with Gasteiger partial charge in [0.05, 0.1) is 16.3 Å². The summed E-state index contributed by atoms with van der Waals surface area (Å²) in [6.07, 6.45) is 4.87. The quantitative estimate of drug-likeness (QED) is 0.924. The van der Waals surface area contributed by atoms with Crippen LogP contribution in [0.5, 0.6) is 0 Å². The van der Waals surface area contributed by atoms with Crippen molar-refractivity contribution >= 4 is 23.5 Å². The molecule has 0 spiro atoms. The number of hydrogen-bond acceptors (Lipinski definition) is 4. The van der Waals surface area contributed by atoms with E-state index in [2.05, 4.69) is 9.97 Å². The molecule has 1 saturated heterocycles. The van der Waals surface area contributed by atoms with Crippen molar-refractivity contribution in [3.05, 3.63) is 41.0 Å². The van der Waals surface area contributed by atoms with Crippen molar-refractivity contribution in [1.29, 1.82) is 0 Å². The molecule has 0 radical (unpaired) electrons. The lowest BCUT2D eigenvalue weighted by atomic mass is 10.0. The van der Waals surface area contributed by atoms with Gasteiger partial charge < -0.3 is 10.6 Å². The predicted molar refractivity (Wildman–Crippen MR) is 86.6 cm³/mol. The first kappa shape index (κ1) is 14.8. The van der Waals surface area contributed by atoms with E-state index in [1.165, 1.54) is 6.42 Å². The highest BCUT2D eigenvalue weighted by Gasteiger charge is 2.21. The summed E-state index contributed by atoms with van der Waals surface area (Å²) in [5.41, 5.74) is 7.61. The standard InChI is InChI=1S/C16H17ClN4O/c17-13-5-4-11(14-6-7-19-16(18)20-14)10-12(13)15(22)21-8-2-1-3-9-21/h4-7,10H,1-3,8-9H2,(H2,18,19,20). The number of nitrogen functional groups attached to an aromatic ring is 1. The molecule has 0 bridgehead atoms. The second-order valence-corrected chi connectivity index (χ2v) is 5.75. The van der Waals surface area contributed by atoms with Crippen LogP contribution >= 0.6 is 11.6 Å². The lowest BCUT2D eigenvalue weighted by Gasteiger charge is -2.27. The molecule has 1 aliphatic heterocycles. The smallest absolute Gasteiger partial charge is 0.255 e. The van der Waals surface area contributed by atoms with E-state index in [0.717, 1.165) is 31.5 Å². The van der Waals surface area contributed by atoms with E-state index in [1.807, 2.05) is 11.0 Å². The molecule has 0 saturated carbocycles. The first-order valence-electron chi connectivity index (χ1n) is 7.33. The molecule has 0 unspecified atom stereocenters. The van der Waals surface area contributed by atoms with Gasteiger partial charge in [-0.15, -0.1) is 0 Å². The Kier molecular flexibility index (Phi) is 4.24. The second kappa shape index (κ2) is 6.32. The number of aromatic nitrogens is 2. The first-order chi connectivity index (χ1) is 10.6. The zero-order valence-corrected chi connectivity index (χ0v) is 12.9. The minimum atomic E-state index is -0.0198. The predicted octanol–water partition coefficient (Wildman–Crippen LogP) is 3.01. The number of amides is 1. The topological polar surface area (TPSA) is 72.1 Å². The Morgan fingerprint density at radius 2 is 1.95 bits per heavy atom. The molecule has 5 nitrogen and oxygen atoms in total. The van der Waals surface area contributed by atoms with E-state index < -0.39 is 0 Å². The van der Waals surface area contributed by atoms with Crippen LogP contribution in [0.2, 0.25) is 5.02 Å². The van der Waals surface area contributed by atoms with Crippen LogP contribution in [0.25, 0.3) is 11.3 Å². The third-order valence-electron chi connectivity index (χ3n) is 3.81. The van der Waals surface area contributed by atoms with Crippen LogP contribution in [-0.2, 0) is 0 Å². The Morgan fingerprint density at radius 3 is 2.68 bits per heavy atom. The lowest BCUT2D eigenvalue weighted by molar-refractivity contribution is 0.0724. The van der Waals surface area contributed by atoms with Gasteiger partial charge in [0.1, 0.15) is 0 Å². The number of hydrogen-bond donors (Lipinski definition) is 1. The number of halogens is 1. The minimum Gasteiger partial charge on any atom is -0.368 e. The summed E-state index contributed by atoms with van der Waals surface area (Å²) < 4.78 is 0. The van der Waals surface area contributed by atoms with E-state index in [4.69, 9.17) is 17.3 Å². The summed E-state index contributed by atoms with van der Waals surface area (Å²) in [5, 5.41) is 0.460. The van der Waals surface area contributed by atoms with Gasteiger partial charge in [0.2, 0.25) is 5.95 Å². The number of likely N-dealkylation sites (tertiary alicyclic amines) is 1. The van der Waals surface area contributed by atoms with Gasteiger partial charge in [0.25, 0.3) is 5.91 Å². The Labute approximate surface area is 134 Å². The number of rotatable bonds is 2. The maximum absolute atomic E-state index is 12.7. The molecule has 22 heavy (non-hydrogen) atoms. The number of piperidine rings is 1. The molecule has 2 aromatic rings. The van der Waals surface area contributed by atoms with E-state index in [0.29, 0.717) is 16.3 Å². The number of nitrogens with two attached hydrogens (primary N) is 1. The second-order valence-electron chi connectivity index (χ2n) is 5.35. The van der Waals surface area contributed by atoms with E-state index in [-0.39, 0.29) is 11.9 Å². The summed E-state index contributed by atoms with van der Waals surface area (Å²) in [5.74, 6) is 0.185. The molecule has 1 aromatic carbocycles. The van der Waals surface area contributed by atoms with Crippen LogP contribution < -0.4 is 5.73 Å². The molecule has 6 heteroatoms. The van der Waals surface area contributed by atoms with Gasteiger partial charge in [-0.2, -0.15) is 0 Å². The first-order valence-corrected chi connectivity index (χ1v) is 7.70. The molecule has 2 heterocycles. The summed E-state index contributed by atoms with van der Waals surface area (Å²) in [4.78, 5) is 22.6. The molecule has 0 atom stereocenters. The zero-order valence-electron chi connectivity index (χ0n) is 12.1. The van der Waals surface area contributed by atoms with E-state index in [9.17, 15) is 4.79 Å². The molecule has 2 N–H and O–H groups in total. The number of anilines is 1. The monoisotopic (exact) mass is 316 g/mol. The number of benzene rings is 1. The van der Waals surface area contributed by atoms with Crippen molar-refractivity contribution < 1.29 is 4.79 Å². The van der Waals surface area contributed by atoms with E-state index >= 15 is 0 Å². The van der Waals surface area contributed by atoms with Gasteiger partial charge >= 0.3 is 0 Å². The maximum Gasteiger partial charge on any atom is 0.255 e. The van der Waals surface area contributed by atoms with Gasteiger partial charge in [-0.25, -0.2) is 9.97 Å². The summed E-state index contributed by atoms with van der Waals surface area (Å²) >= 11 is 6.22. The van der Waals surface area contributed by atoms with Crippen molar-refractivity contribution in [3.8, 4) is 11.3 Å². The van der Waals surface area contributed by atoms with Gasteiger partial charge in [-0.1, -0.05) is 17.7 Å². The fourth-order valence-electron chi connectivity index (χ4n) is 2.65. The Morgan fingerprint density at radius 1 is 1.18 bits per heavy atom. The van der Waals surface area contributed by atoms with Crippen molar-refractivity contribution in [2.24, 2.45) is 0 Å². The molecule has 1 fully saturated rings. The fraction of sp³-hybridized carbons (Fsp3) is 0.312. The lowest BCUT2D eigenvalue weighted by Crippen LogP contribution is -2.35. The highest BCUT2D eigenvalue weighted by atomic mass is 35.5. The van der Waals surface area contributed by atoms with Crippen molar-refractivity contribution in [2.75, 3.05) is 18.8 Å². The molecular weight excluding hydrogens is 300 g/mol. The van der Waals surface area contributed by atoms with Crippen LogP contribution in [-0.4, -0.2) is 33.9 Å². The molecule has 114 valence electrons. The number of carbonyl (C=O) groups excluding carboxylic acids is 1. The maximum atomic E-state index is 12.7. The number of nitrogens with zero attached hydrogens (tertiary/aromatic N) is 3. The Bertz CT molecular complexity index is 698. The normalized spacial score (nSPS) is 14.9. The Hall–Kier alpha value is -2.14. The van der Waals surface area contributed by atoms with Crippen molar-refractivity contribution in [2.45, 2.75) is 19.3 Å². The third-order valence-corrected chi connectivity index (χ3v) is 4.14. The van der Waals surface area contributed by atoms with Crippen LogP contribution in [0.15, 0.2) is 30.5 Å². The molecule has 3 rings (SSSR count). The summed E-state index contributed by atoms with van der Waals surface area (Å²) in [7, 11) is 0. The third kappa shape index (κ3) is 3.04. The van der Waals surface area contributed by atoms with Gasteiger partial charge in [0.15, 0.2) is 0 Å². The molecular formula is C16H17ClN4O. The molecule has 1 aliphatic rings. The molecule has 0 aliphatic carbocycles. The van der Waals surface area contributed by atoms with Gasteiger partial charge in [0, 0.05) is 24.8 Å². The molecule has 1 aromatic heterocycles. The zero-order chi connectivity index (χ0) is 15.5. The van der Waals surface area contributed by atoms with Crippen LogP contribution in [0.3, 0.4) is 0 Å². The summed E-state index contributed by atoms with van der Waals surface area (Å²) in [6, 6.07) is 7.10. The average Bonchev–Trinajstić information content (AvgIpc) is 2.55. The van der Waals surface area contributed by atoms with E-state index in [1.54, 1.807) is 24.4 Å². The fourth-order valence-corrected chi connectivity index (χ4v) is 2.85. The van der Waals surface area contributed by atoms with Crippen molar-refractivity contribution in [1.82, 2.24) is 14.9 Å². The highest BCUT2D eigenvalue weighted by molar-refractivity contribution is 6.34. The largest absolute Gasteiger partial charge is 0.368 e.